The highest BCUT2D eigenvalue weighted by Crippen LogP contribution is 2.18. The van der Waals surface area contributed by atoms with E-state index in [1.54, 1.807) is 7.11 Å². The molecule has 4 nitrogen and oxygen atoms in total. The molecule has 0 aromatic heterocycles. The molecule has 0 saturated heterocycles. The van der Waals surface area contributed by atoms with Crippen molar-refractivity contribution >= 4 is 11.6 Å². The molecule has 2 aromatic rings. The maximum absolute atomic E-state index is 12.3. The zero-order valence-electron chi connectivity index (χ0n) is 12.6. The van der Waals surface area contributed by atoms with Crippen LogP contribution in [-0.4, -0.2) is 20.1 Å². The summed E-state index contributed by atoms with van der Waals surface area (Å²) in [6.07, 6.45) is 0. The number of anilines is 1. The first-order chi connectivity index (χ1) is 10.2. The van der Waals surface area contributed by atoms with Crippen molar-refractivity contribution in [3.8, 4) is 5.75 Å². The average molecular weight is 284 g/mol. The molecular formula is C17H20N2O2. The van der Waals surface area contributed by atoms with Gasteiger partial charge in [-0.05, 0) is 36.8 Å². The van der Waals surface area contributed by atoms with Crippen LogP contribution in [-0.2, 0) is 6.54 Å². The van der Waals surface area contributed by atoms with Gasteiger partial charge in [0.05, 0.1) is 7.11 Å². The first kappa shape index (κ1) is 14.9. The number of hydrogen-bond donors (Lipinski definition) is 2. The Morgan fingerprint density at radius 3 is 2.62 bits per heavy atom. The molecule has 110 valence electrons. The van der Waals surface area contributed by atoms with Gasteiger partial charge in [0.1, 0.15) is 5.75 Å². The molecule has 2 aromatic carbocycles. The maximum atomic E-state index is 12.3. The van der Waals surface area contributed by atoms with Gasteiger partial charge in [-0.15, -0.1) is 0 Å². The lowest BCUT2D eigenvalue weighted by Crippen LogP contribution is -2.23. The third-order valence-electron chi connectivity index (χ3n) is 3.39. The zero-order valence-corrected chi connectivity index (χ0v) is 12.6. The molecule has 0 aliphatic carbocycles. The van der Waals surface area contributed by atoms with Crippen LogP contribution in [0.15, 0.2) is 42.5 Å². The van der Waals surface area contributed by atoms with Gasteiger partial charge in [0.25, 0.3) is 5.91 Å². The molecule has 0 aliphatic heterocycles. The number of amides is 1. The zero-order chi connectivity index (χ0) is 15.2. The smallest absolute Gasteiger partial charge is 0.251 e. The van der Waals surface area contributed by atoms with Crippen LogP contribution in [0.1, 0.15) is 21.5 Å². The summed E-state index contributed by atoms with van der Waals surface area (Å²) in [6, 6.07) is 13.3. The van der Waals surface area contributed by atoms with Crippen molar-refractivity contribution in [3.05, 3.63) is 59.2 Å². The van der Waals surface area contributed by atoms with Gasteiger partial charge in [-0.3, -0.25) is 4.79 Å². The SMILES string of the molecule is CNc1ccc(C(=O)NCc2ccccc2OC)c(C)c1. The number of carbonyl (C=O) groups is 1. The molecule has 21 heavy (non-hydrogen) atoms. The fraction of sp³-hybridized carbons (Fsp3) is 0.235. The van der Waals surface area contributed by atoms with E-state index < -0.39 is 0 Å². The van der Waals surface area contributed by atoms with Gasteiger partial charge in [-0.2, -0.15) is 0 Å². The summed E-state index contributed by atoms with van der Waals surface area (Å²) >= 11 is 0. The standard InChI is InChI=1S/C17H20N2O2/c1-12-10-14(18-2)8-9-15(12)17(20)19-11-13-6-4-5-7-16(13)21-3/h4-10,18H,11H2,1-3H3,(H,19,20). The second-order valence-electron chi connectivity index (χ2n) is 4.77. The second-order valence-corrected chi connectivity index (χ2v) is 4.77. The van der Waals surface area contributed by atoms with Gasteiger partial charge in [0.15, 0.2) is 0 Å². The normalized spacial score (nSPS) is 10.0. The molecule has 2 rings (SSSR count). The van der Waals surface area contributed by atoms with Crippen LogP contribution in [0.4, 0.5) is 5.69 Å². The van der Waals surface area contributed by atoms with Crippen molar-refractivity contribution in [1.29, 1.82) is 0 Å². The molecular weight excluding hydrogens is 264 g/mol. The van der Waals surface area contributed by atoms with Gasteiger partial charge < -0.3 is 15.4 Å². The largest absolute Gasteiger partial charge is 0.496 e. The third kappa shape index (κ3) is 3.54. The molecule has 0 saturated carbocycles. The van der Waals surface area contributed by atoms with Crippen molar-refractivity contribution in [2.45, 2.75) is 13.5 Å². The molecule has 1 amide bonds. The lowest BCUT2D eigenvalue weighted by atomic mass is 10.1. The number of nitrogens with one attached hydrogen (secondary N) is 2. The molecule has 0 fully saturated rings. The monoisotopic (exact) mass is 284 g/mol. The van der Waals surface area contributed by atoms with E-state index in [4.69, 9.17) is 4.74 Å². The van der Waals surface area contributed by atoms with E-state index in [0.29, 0.717) is 12.1 Å². The van der Waals surface area contributed by atoms with E-state index in [-0.39, 0.29) is 5.91 Å². The summed E-state index contributed by atoms with van der Waals surface area (Å²) in [5.41, 5.74) is 3.58. The predicted molar refractivity (Wildman–Crippen MR) is 84.9 cm³/mol. The Kier molecular flexibility index (Phi) is 4.82. The van der Waals surface area contributed by atoms with Crippen LogP contribution in [0.2, 0.25) is 0 Å². The average Bonchev–Trinajstić information content (AvgIpc) is 2.52. The van der Waals surface area contributed by atoms with Crippen molar-refractivity contribution in [3.63, 3.8) is 0 Å². The second kappa shape index (κ2) is 6.79. The Morgan fingerprint density at radius 2 is 1.95 bits per heavy atom. The molecule has 0 radical (unpaired) electrons. The minimum atomic E-state index is -0.0824. The van der Waals surface area contributed by atoms with Crippen molar-refractivity contribution < 1.29 is 9.53 Å². The third-order valence-corrected chi connectivity index (χ3v) is 3.39. The Hall–Kier alpha value is -2.49. The number of hydrogen-bond acceptors (Lipinski definition) is 3. The summed E-state index contributed by atoms with van der Waals surface area (Å²) in [6.45, 7) is 2.37. The Labute approximate surface area is 125 Å². The minimum absolute atomic E-state index is 0.0824. The van der Waals surface area contributed by atoms with Crippen molar-refractivity contribution in [2.75, 3.05) is 19.5 Å². The van der Waals surface area contributed by atoms with E-state index in [9.17, 15) is 4.79 Å². The Morgan fingerprint density at radius 1 is 1.19 bits per heavy atom. The van der Waals surface area contributed by atoms with Crippen molar-refractivity contribution in [2.24, 2.45) is 0 Å². The van der Waals surface area contributed by atoms with E-state index >= 15 is 0 Å². The number of aryl methyl sites for hydroxylation is 1. The molecule has 2 N–H and O–H groups in total. The minimum Gasteiger partial charge on any atom is -0.496 e. The van der Waals surface area contributed by atoms with E-state index in [1.165, 1.54) is 0 Å². The van der Waals surface area contributed by atoms with Crippen LogP contribution in [0.5, 0.6) is 5.75 Å². The molecule has 0 bridgehead atoms. The van der Waals surface area contributed by atoms with Gasteiger partial charge in [0, 0.05) is 30.4 Å². The molecule has 0 unspecified atom stereocenters. The van der Waals surface area contributed by atoms with Gasteiger partial charge >= 0.3 is 0 Å². The first-order valence-electron chi connectivity index (χ1n) is 6.84. The highest BCUT2D eigenvalue weighted by Gasteiger charge is 2.10. The van der Waals surface area contributed by atoms with Crippen molar-refractivity contribution in [1.82, 2.24) is 5.32 Å². The molecule has 0 aliphatic rings. The number of methoxy groups -OCH3 is 1. The number of carbonyl (C=O) groups excluding carboxylic acids is 1. The van der Waals surface area contributed by atoms with Crippen LogP contribution in [0, 0.1) is 6.92 Å². The molecule has 0 atom stereocenters. The number of benzene rings is 2. The summed E-state index contributed by atoms with van der Waals surface area (Å²) < 4.78 is 5.28. The summed E-state index contributed by atoms with van der Waals surface area (Å²) in [5, 5.41) is 5.99. The van der Waals surface area contributed by atoms with Crippen LogP contribution in [0.3, 0.4) is 0 Å². The number of rotatable bonds is 5. The van der Waals surface area contributed by atoms with Crippen LogP contribution >= 0.6 is 0 Å². The lowest BCUT2D eigenvalue weighted by molar-refractivity contribution is 0.0950. The highest BCUT2D eigenvalue weighted by molar-refractivity contribution is 5.96. The fourth-order valence-electron chi connectivity index (χ4n) is 2.19. The summed E-state index contributed by atoms with van der Waals surface area (Å²) in [5.74, 6) is 0.695. The number of ether oxygens (including phenoxy) is 1. The quantitative estimate of drug-likeness (QED) is 0.887. The number of para-hydroxylation sites is 1. The highest BCUT2D eigenvalue weighted by atomic mass is 16.5. The molecule has 0 heterocycles. The maximum Gasteiger partial charge on any atom is 0.251 e. The van der Waals surface area contributed by atoms with Crippen LogP contribution in [0.25, 0.3) is 0 Å². The predicted octanol–water partition coefficient (Wildman–Crippen LogP) is 2.98. The molecule has 4 heteroatoms. The first-order valence-corrected chi connectivity index (χ1v) is 6.84. The Bertz CT molecular complexity index is 638. The van der Waals surface area contributed by atoms with E-state index in [2.05, 4.69) is 10.6 Å². The van der Waals surface area contributed by atoms with E-state index in [0.717, 1.165) is 22.6 Å². The summed E-state index contributed by atoms with van der Waals surface area (Å²) in [4.78, 5) is 12.3. The molecule has 0 spiro atoms. The summed E-state index contributed by atoms with van der Waals surface area (Å²) in [7, 11) is 3.48. The Balaban J connectivity index is 2.08. The van der Waals surface area contributed by atoms with E-state index in [1.807, 2.05) is 56.4 Å². The van der Waals surface area contributed by atoms with Gasteiger partial charge in [-0.25, -0.2) is 0 Å². The lowest BCUT2D eigenvalue weighted by Gasteiger charge is -2.11. The fourth-order valence-corrected chi connectivity index (χ4v) is 2.19. The van der Waals surface area contributed by atoms with Gasteiger partial charge in [-0.1, -0.05) is 18.2 Å². The topological polar surface area (TPSA) is 50.4 Å². The van der Waals surface area contributed by atoms with Gasteiger partial charge in [0.2, 0.25) is 0 Å². The van der Waals surface area contributed by atoms with Crippen LogP contribution < -0.4 is 15.4 Å².